The van der Waals surface area contributed by atoms with Crippen molar-refractivity contribution in [3.05, 3.63) is 59.7 Å². The lowest BCUT2D eigenvalue weighted by atomic mass is 9.92. The molecular weight excluding hydrogens is 300 g/mol. The normalized spacial score (nSPS) is 20.0. The molecule has 0 radical (unpaired) electrons. The van der Waals surface area contributed by atoms with Gasteiger partial charge in [0.2, 0.25) is 5.91 Å². The summed E-state index contributed by atoms with van der Waals surface area (Å²) in [4.78, 5) is 13.7. The summed E-state index contributed by atoms with van der Waals surface area (Å²) in [6, 6.07) is 16.8. The molecule has 1 N–H and O–H groups in total. The van der Waals surface area contributed by atoms with Crippen LogP contribution >= 0.6 is 0 Å². The Labute approximate surface area is 142 Å². The van der Waals surface area contributed by atoms with E-state index >= 15 is 0 Å². The van der Waals surface area contributed by atoms with Crippen molar-refractivity contribution in [2.24, 2.45) is 0 Å². The van der Waals surface area contributed by atoms with Crippen LogP contribution in [0.25, 0.3) is 0 Å². The molecule has 24 heavy (non-hydrogen) atoms. The molecule has 2 heterocycles. The molecule has 2 aliphatic rings. The number of nitrogens with one attached hydrogen (secondary N) is 1. The van der Waals surface area contributed by atoms with Gasteiger partial charge in [-0.05, 0) is 25.0 Å². The second kappa shape index (κ2) is 6.29. The van der Waals surface area contributed by atoms with Crippen molar-refractivity contribution in [3.8, 4) is 11.5 Å². The van der Waals surface area contributed by atoms with Crippen molar-refractivity contribution in [3.63, 3.8) is 0 Å². The molecule has 1 amide bonds. The first-order chi connectivity index (χ1) is 11.7. The lowest BCUT2D eigenvalue weighted by molar-refractivity contribution is -0.130. The highest BCUT2D eigenvalue weighted by Gasteiger charge is 2.30. The number of nitrogens with zero attached hydrogens (tertiary/aromatic N) is 1. The number of piperidine rings is 1. The predicted molar refractivity (Wildman–Crippen MR) is 93.2 cm³/mol. The zero-order valence-corrected chi connectivity index (χ0v) is 13.9. The zero-order chi connectivity index (χ0) is 16.5. The number of carbonyl (C=O) groups is 1. The van der Waals surface area contributed by atoms with Crippen LogP contribution in [0.3, 0.4) is 0 Å². The van der Waals surface area contributed by atoms with Gasteiger partial charge >= 0.3 is 0 Å². The molecule has 1 unspecified atom stereocenters. The van der Waals surface area contributed by atoms with Gasteiger partial charge in [0, 0.05) is 37.2 Å². The molecule has 4 heteroatoms. The summed E-state index contributed by atoms with van der Waals surface area (Å²) in [7, 11) is 0. The van der Waals surface area contributed by atoms with Crippen LogP contribution in [0, 0.1) is 0 Å². The maximum atomic E-state index is 11.7. The van der Waals surface area contributed by atoms with Gasteiger partial charge in [0.1, 0.15) is 11.5 Å². The van der Waals surface area contributed by atoms with Gasteiger partial charge in [0.25, 0.3) is 0 Å². The summed E-state index contributed by atoms with van der Waals surface area (Å²) < 4.78 is 6.05. The Morgan fingerprint density at radius 3 is 2.33 bits per heavy atom. The van der Waals surface area contributed by atoms with E-state index < -0.39 is 0 Å². The summed E-state index contributed by atoms with van der Waals surface area (Å²) in [5.74, 6) is 1.98. The molecule has 2 aliphatic heterocycles. The SMILES string of the molecule is CC(=O)N1CCCC(NC2c3ccccc3Oc3ccccc32)C1. The van der Waals surface area contributed by atoms with Gasteiger partial charge in [-0.25, -0.2) is 0 Å². The van der Waals surface area contributed by atoms with E-state index in [0.29, 0.717) is 6.04 Å². The highest BCUT2D eigenvalue weighted by Crippen LogP contribution is 2.42. The third-order valence-electron chi connectivity index (χ3n) is 4.95. The summed E-state index contributed by atoms with van der Waals surface area (Å²) in [6.45, 7) is 3.30. The first-order valence-electron chi connectivity index (χ1n) is 8.59. The fraction of sp³-hybridized carbons (Fsp3) is 0.350. The largest absolute Gasteiger partial charge is 0.457 e. The number of para-hydroxylation sites is 2. The standard InChI is InChI=1S/C20H22N2O2/c1-14(23)22-12-6-7-15(13-22)21-20-16-8-2-4-10-18(16)24-19-11-5-3-9-17(19)20/h2-5,8-11,15,20-21H,6-7,12-13H2,1H3. The molecule has 0 aliphatic carbocycles. The van der Waals surface area contributed by atoms with Crippen LogP contribution in [0.4, 0.5) is 0 Å². The summed E-state index contributed by atoms with van der Waals surface area (Å²) in [6.07, 6.45) is 2.13. The molecule has 4 rings (SSSR count). The van der Waals surface area contributed by atoms with Gasteiger partial charge in [0.05, 0.1) is 6.04 Å². The predicted octanol–water partition coefficient (Wildman–Crippen LogP) is 3.48. The van der Waals surface area contributed by atoms with Gasteiger partial charge < -0.3 is 15.0 Å². The van der Waals surface area contributed by atoms with Crippen LogP contribution in [-0.2, 0) is 4.79 Å². The Balaban J connectivity index is 1.64. The number of rotatable bonds is 2. The van der Waals surface area contributed by atoms with Gasteiger partial charge in [-0.3, -0.25) is 4.79 Å². The molecule has 124 valence electrons. The molecule has 1 fully saturated rings. The van der Waals surface area contributed by atoms with E-state index in [1.807, 2.05) is 41.3 Å². The van der Waals surface area contributed by atoms with Crippen molar-refractivity contribution in [2.45, 2.75) is 31.8 Å². The Kier molecular flexibility index (Phi) is 3.98. The summed E-state index contributed by atoms with van der Waals surface area (Å²) in [5.41, 5.74) is 2.33. The second-order valence-corrected chi connectivity index (χ2v) is 6.58. The van der Waals surface area contributed by atoms with Gasteiger partial charge in [-0.2, -0.15) is 0 Å². The monoisotopic (exact) mass is 322 g/mol. The smallest absolute Gasteiger partial charge is 0.219 e. The molecule has 0 saturated carbocycles. The number of hydrogen-bond acceptors (Lipinski definition) is 3. The number of likely N-dealkylation sites (tertiary alicyclic amines) is 1. The quantitative estimate of drug-likeness (QED) is 0.920. The van der Waals surface area contributed by atoms with Crippen LogP contribution in [-0.4, -0.2) is 29.9 Å². The Morgan fingerprint density at radius 2 is 1.71 bits per heavy atom. The molecular formula is C20H22N2O2. The maximum absolute atomic E-state index is 11.7. The number of benzene rings is 2. The molecule has 1 saturated heterocycles. The van der Waals surface area contributed by atoms with E-state index in [2.05, 4.69) is 17.4 Å². The lowest BCUT2D eigenvalue weighted by Crippen LogP contribution is -2.48. The van der Waals surface area contributed by atoms with Crippen LogP contribution in [0.2, 0.25) is 0 Å². The highest BCUT2D eigenvalue weighted by molar-refractivity contribution is 5.73. The molecule has 0 spiro atoms. The fourth-order valence-electron chi connectivity index (χ4n) is 3.72. The minimum Gasteiger partial charge on any atom is -0.457 e. The van der Waals surface area contributed by atoms with E-state index in [0.717, 1.165) is 48.6 Å². The van der Waals surface area contributed by atoms with Crippen molar-refractivity contribution in [1.29, 1.82) is 0 Å². The summed E-state index contributed by atoms with van der Waals surface area (Å²) in [5, 5.41) is 3.78. The van der Waals surface area contributed by atoms with E-state index in [9.17, 15) is 4.79 Å². The number of carbonyl (C=O) groups excluding carboxylic acids is 1. The van der Waals surface area contributed by atoms with Gasteiger partial charge in [-0.15, -0.1) is 0 Å². The topological polar surface area (TPSA) is 41.6 Å². The van der Waals surface area contributed by atoms with Gasteiger partial charge in [0.15, 0.2) is 0 Å². The molecule has 2 aromatic rings. The van der Waals surface area contributed by atoms with E-state index in [4.69, 9.17) is 4.74 Å². The van der Waals surface area contributed by atoms with Crippen molar-refractivity contribution >= 4 is 5.91 Å². The molecule has 0 bridgehead atoms. The Hall–Kier alpha value is -2.33. The van der Waals surface area contributed by atoms with Gasteiger partial charge in [-0.1, -0.05) is 36.4 Å². The van der Waals surface area contributed by atoms with Crippen molar-refractivity contribution < 1.29 is 9.53 Å². The highest BCUT2D eigenvalue weighted by atomic mass is 16.5. The van der Waals surface area contributed by atoms with E-state index in [-0.39, 0.29) is 11.9 Å². The molecule has 0 aromatic heterocycles. The lowest BCUT2D eigenvalue weighted by Gasteiger charge is -2.37. The first kappa shape index (κ1) is 15.2. The third-order valence-corrected chi connectivity index (χ3v) is 4.95. The number of hydrogen-bond donors (Lipinski definition) is 1. The number of amides is 1. The van der Waals surface area contributed by atoms with Crippen LogP contribution in [0.1, 0.15) is 36.9 Å². The zero-order valence-electron chi connectivity index (χ0n) is 13.9. The third kappa shape index (κ3) is 2.78. The van der Waals surface area contributed by atoms with Crippen LogP contribution in [0.15, 0.2) is 48.5 Å². The second-order valence-electron chi connectivity index (χ2n) is 6.58. The first-order valence-corrected chi connectivity index (χ1v) is 8.59. The summed E-state index contributed by atoms with van der Waals surface area (Å²) >= 11 is 0. The average molecular weight is 322 g/mol. The average Bonchev–Trinajstić information content (AvgIpc) is 2.62. The molecule has 1 atom stereocenters. The van der Waals surface area contributed by atoms with Crippen molar-refractivity contribution in [1.82, 2.24) is 10.2 Å². The van der Waals surface area contributed by atoms with Crippen LogP contribution in [0.5, 0.6) is 11.5 Å². The van der Waals surface area contributed by atoms with Crippen molar-refractivity contribution in [2.75, 3.05) is 13.1 Å². The Morgan fingerprint density at radius 1 is 1.08 bits per heavy atom. The molecule has 4 nitrogen and oxygen atoms in total. The maximum Gasteiger partial charge on any atom is 0.219 e. The molecule has 2 aromatic carbocycles. The minimum absolute atomic E-state index is 0.100. The minimum atomic E-state index is 0.100. The van der Waals surface area contributed by atoms with E-state index in [1.165, 1.54) is 0 Å². The number of ether oxygens (including phenoxy) is 1. The fourth-order valence-corrected chi connectivity index (χ4v) is 3.72. The number of fused-ring (bicyclic) bond motifs is 2. The Bertz CT molecular complexity index is 713. The van der Waals surface area contributed by atoms with E-state index in [1.54, 1.807) is 6.92 Å². The van der Waals surface area contributed by atoms with Crippen LogP contribution < -0.4 is 10.1 Å².